The summed E-state index contributed by atoms with van der Waals surface area (Å²) in [5, 5.41) is 3.28. The maximum Gasteiger partial charge on any atom is 0.223 e. The lowest BCUT2D eigenvalue weighted by molar-refractivity contribution is -0.132. The van der Waals surface area contributed by atoms with E-state index in [4.69, 9.17) is 0 Å². The van der Waals surface area contributed by atoms with E-state index in [9.17, 15) is 4.79 Å². The molecule has 22 heavy (non-hydrogen) atoms. The maximum absolute atomic E-state index is 12.3. The van der Waals surface area contributed by atoms with Crippen LogP contribution in [0.1, 0.15) is 31.9 Å². The standard InChI is InChI=1S/C18H29N3O/c1-15(2)18(16-7-5-4-6-8-16)20(3)12-9-17(22)21-13-10-19-11-14-21/h4-8,15,18-19H,9-14H2,1-3H3. The van der Waals surface area contributed by atoms with Gasteiger partial charge in [-0.3, -0.25) is 9.69 Å². The molecule has 4 heteroatoms. The van der Waals surface area contributed by atoms with Gasteiger partial charge in [0.05, 0.1) is 0 Å². The molecule has 0 aliphatic carbocycles. The Morgan fingerprint density at radius 3 is 2.45 bits per heavy atom. The Morgan fingerprint density at radius 1 is 1.23 bits per heavy atom. The minimum atomic E-state index is 0.281. The third-order valence-electron chi connectivity index (χ3n) is 4.40. The van der Waals surface area contributed by atoms with Gasteiger partial charge in [-0.1, -0.05) is 44.2 Å². The Labute approximate surface area is 134 Å². The van der Waals surface area contributed by atoms with Gasteiger partial charge in [-0.15, -0.1) is 0 Å². The molecule has 2 rings (SSSR count). The van der Waals surface area contributed by atoms with E-state index in [1.165, 1.54) is 5.56 Å². The molecular formula is C18H29N3O. The molecule has 0 aromatic heterocycles. The molecular weight excluding hydrogens is 274 g/mol. The number of hydrogen-bond donors (Lipinski definition) is 1. The molecule has 4 nitrogen and oxygen atoms in total. The van der Waals surface area contributed by atoms with Gasteiger partial charge in [0.2, 0.25) is 5.91 Å². The summed E-state index contributed by atoms with van der Waals surface area (Å²) in [4.78, 5) is 16.6. The number of nitrogens with zero attached hydrogens (tertiary/aromatic N) is 2. The lowest BCUT2D eigenvalue weighted by atomic mass is 9.94. The van der Waals surface area contributed by atoms with Crippen molar-refractivity contribution >= 4 is 5.91 Å². The maximum atomic E-state index is 12.3. The van der Waals surface area contributed by atoms with Crippen molar-refractivity contribution < 1.29 is 4.79 Å². The molecule has 1 aliphatic rings. The monoisotopic (exact) mass is 303 g/mol. The summed E-state index contributed by atoms with van der Waals surface area (Å²) in [5.74, 6) is 0.797. The first-order valence-electron chi connectivity index (χ1n) is 8.33. The van der Waals surface area contributed by atoms with Gasteiger partial charge in [-0.2, -0.15) is 0 Å². The van der Waals surface area contributed by atoms with Crippen molar-refractivity contribution in [3.63, 3.8) is 0 Å². The Morgan fingerprint density at radius 2 is 1.86 bits per heavy atom. The van der Waals surface area contributed by atoms with E-state index in [2.05, 4.69) is 61.4 Å². The molecule has 1 saturated heterocycles. The first-order chi connectivity index (χ1) is 10.6. The van der Waals surface area contributed by atoms with E-state index in [0.29, 0.717) is 18.4 Å². The number of amides is 1. The highest BCUT2D eigenvalue weighted by Crippen LogP contribution is 2.27. The van der Waals surface area contributed by atoms with Gasteiger partial charge in [0.15, 0.2) is 0 Å². The second-order valence-corrected chi connectivity index (χ2v) is 6.46. The lowest BCUT2D eigenvalue weighted by Crippen LogP contribution is -2.47. The van der Waals surface area contributed by atoms with E-state index >= 15 is 0 Å². The summed E-state index contributed by atoms with van der Waals surface area (Å²) in [5.41, 5.74) is 1.33. The van der Waals surface area contributed by atoms with Crippen LogP contribution in [-0.4, -0.2) is 55.5 Å². The largest absolute Gasteiger partial charge is 0.340 e. The Kier molecular flexibility index (Phi) is 6.40. The molecule has 1 heterocycles. The summed E-state index contributed by atoms with van der Waals surface area (Å²) in [6.07, 6.45) is 0.604. The molecule has 1 aliphatic heterocycles. The van der Waals surface area contributed by atoms with Gasteiger partial charge in [-0.05, 0) is 18.5 Å². The Hall–Kier alpha value is -1.39. The Bertz CT molecular complexity index is 455. The van der Waals surface area contributed by atoms with Gasteiger partial charge in [-0.25, -0.2) is 0 Å². The summed E-state index contributed by atoms with van der Waals surface area (Å²) in [7, 11) is 2.13. The second-order valence-electron chi connectivity index (χ2n) is 6.46. The van der Waals surface area contributed by atoms with E-state index in [1.807, 2.05) is 4.90 Å². The molecule has 1 unspecified atom stereocenters. The quantitative estimate of drug-likeness (QED) is 0.874. The molecule has 1 amide bonds. The first kappa shape index (κ1) is 17.0. The highest BCUT2D eigenvalue weighted by molar-refractivity contribution is 5.76. The zero-order valence-electron chi connectivity index (χ0n) is 14.1. The van der Waals surface area contributed by atoms with E-state index in [-0.39, 0.29) is 5.91 Å². The van der Waals surface area contributed by atoms with Crippen LogP contribution in [0.4, 0.5) is 0 Å². The smallest absolute Gasteiger partial charge is 0.223 e. The van der Waals surface area contributed by atoms with Crippen LogP contribution in [0.2, 0.25) is 0 Å². The van der Waals surface area contributed by atoms with Gasteiger partial charge in [0.1, 0.15) is 0 Å². The minimum Gasteiger partial charge on any atom is -0.340 e. The van der Waals surface area contributed by atoms with Crippen molar-refractivity contribution in [2.45, 2.75) is 26.3 Å². The van der Waals surface area contributed by atoms with Crippen LogP contribution < -0.4 is 5.32 Å². The van der Waals surface area contributed by atoms with Crippen LogP contribution in [0.5, 0.6) is 0 Å². The van der Waals surface area contributed by atoms with Crippen LogP contribution >= 0.6 is 0 Å². The number of hydrogen-bond acceptors (Lipinski definition) is 3. The molecule has 1 aromatic rings. The highest BCUT2D eigenvalue weighted by atomic mass is 16.2. The van der Waals surface area contributed by atoms with Gasteiger partial charge < -0.3 is 10.2 Å². The molecule has 1 aromatic carbocycles. The highest BCUT2D eigenvalue weighted by Gasteiger charge is 2.22. The molecule has 1 N–H and O–H groups in total. The van der Waals surface area contributed by atoms with E-state index < -0.39 is 0 Å². The zero-order chi connectivity index (χ0) is 15.9. The van der Waals surface area contributed by atoms with Crippen LogP contribution in [0.15, 0.2) is 30.3 Å². The van der Waals surface area contributed by atoms with Crippen molar-refractivity contribution in [2.24, 2.45) is 5.92 Å². The van der Waals surface area contributed by atoms with Gasteiger partial charge >= 0.3 is 0 Å². The van der Waals surface area contributed by atoms with E-state index in [1.54, 1.807) is 0 Å². The third-order valence-corrected chi connectivity index (χ3v) is 4.40. The molecule has 1 atom stereocenters. The predicted octanol–water partition coefficient (Wildman–Crippen LogP) is 2.14. The predicted molar refractivity (Wildman–Crippen MR) is 90.7 cm³/mol. The number of piperazine rings is 1. The summed E-state index contributed by atoms with van der Waals surface area (Å²) >= 11 is 0. The first-order valence-corrected chi connectivity index (χ1v) is 8.33. The summed E-state index contributed by atoms with van der Waals surface area (Å²) < 4.78 is 0. The summed E-state index contributed by atoms with van der Waals surface area (Å²) in [6.45, 7) is 8.81. The Balaban J connectivity index is 1.91. The van der Waals surface area contributed by atoms with Gasteiger partial charge in [0, 0.05) is 45.2 Å². The molecule has 1 fully saturated rings. The zero-order valence-corrected chi connectivity index (χ0v) is 14.1. The minimum absolute atomic E-state index is 0.281. The van der Waals surface area contributed by atoms with Crippen molar-refractivity contribution in [1.82, 2.24) is 15.1 Å². The van der Waals surface area contributed by atoms with Crippen molar-refractivity contribution in [2.75, 3.05) is 39.8 Å². The SMILES string of the molecule is CC(C)C(c1ccccc1)N(C)CCC(=O)N1CCNCC1. The third kappa shape index (κ3) is 4.55. The fourth-order valence-electron chi connectivity index (χ4n) is 3.28. The molecule has 122 valence electrons. The molecule has 0 radical (unpaired) electrons. The number of rotatable bonds is 6. The number of benzene rings is 1. The average molecular weight is 303 g/mol. The number of carbonyl (C=O) groups excluding carboxylic acids is 1. The summed E-state index contributed by atoms with van der Waals surface area (Å²) in [6, 6.07) is 10.9. The van der Waals surface area contributed by atoms with Crippen LogP contribution in [0.25, 0.3) is 0 Å². The van der Waals surface area contributed by atoms with E-state index in [0.717, 1.165) is 32.7 Å². The molecule has 0 bridgehead atoms. The lowest BCUT2D eigenvalue weighted by Gasteiger charge is -2.33. The normalized spacial score (nSPS) is 17.0. The second kappa shape index (κ2) is 8.30. The average Bonchev–Trinajstić information content (AvgIpc) is 2.54. The van der Waals surface area contributed by atoms with Gasteiger partial charge in [0.25, 0.3) is 0 Å². The fraction of sp³-hybridized carbons (Fsp3) is 0.611. The van der Waals surface area contributed by atoms with Crippen LogP contribution in [-0.2, 0) is 4.79 Å². The molecule has 0 spiro atoms. The van der Waals surface area contributed by atoms with Crippen LogP contribution in [0.3, 0.4) is 0 Å². The van der Waals surface area contributed by atoms with Crippen LogP contribution in [0, 0.1) is 5.92 Å². The number of carbonyl (C=O) groups is 1. The fourth-order valence-corrected chi connectivity index (χ4v) is 3.28. The van der Waals surface area contributed by atoms with Crippen molar-refractivity contribution in [3.05, 3.63) is 35.9 Å². The number of nitrogens with one attached hydrogen (secondary N) is 1. The van der Waals surface area contributed by atoms with Crippen molar-refractivity contribution in [1.29, 1.82) is 0 Å². The molecule has 0 saturated carbocycles. The topological polar surface area (TPSA) is 35.6 Å². The van der Waals surface area contributed by atoms with Crippen molar-refractivity contribution in [3.8, 4) is 0 Å².